The van der Waals surface area contributed by atoms with Crippen LogP contribution >= 0.6 is 0 Å². The van der Waals surface area contributed by atoms with Crippen LogP contribution in [0.1, 0.15) is 22.8 Å². The number of fused-ring (bicyclic) bond motifs is 1. The monoisotopic (exact) mass is 252 g/mol. The number of dihydropyridines is 1. The summed E-state index contributed by atoms with van der Waals surface area (Å²) in [6, 6.07) is 7.70. The molecule has 0 saturated carbocycles. The van der Waals surface area contributed by atoms with E-state index in [0.29, 0.717) is 0 Å². The summed E-state index contributed by atoms with van der Waals surface area (Å²) in [6.45, 7) is 4.01. The van der Waals surface area contributed by atoms with E-state index in [4.69, 9.17) is 0 Å². The lowest BCUT2D eigenvalue weighted by atomic mass is 9.94. The molecule has 1 aromatic rings. The lowest BCUT2D eigenvalue weighted by molar-refractivity contribution is 0.103. The summed E-state index contributed by atoms with van der Waals surface area (Å²) >= 11 is 0. The number of nitrogens with one attached hydrogen (secondary N) is 2. The Morgan fingerprint density at radius 1 is 1.16 bits per heavy atom. The molecule has 3 nitrogen and oxygen atoms in total. The van der Waals surface area contributed by atoms with Gasteiger partial charge in [-0.05, 0) is 31.6 Å². The molecule has 1 atom stereocenters. The maximum absolute atomic E-state index is 12.6. The number of Topliss-reactive ketones (excluding diaryl/α,β-unsaturated/α-hetero) is 1. The Morgan fingerprint density at radius 3 is 2.74 bits per heavy atom. The Hall–Kier alpha value is -2.29. The van der Waals surface area contributed by atoms with Crippen LogP contribution in [0.3, 0.4) is 0 Å². The first kappa shape index (κ1) is 11.8. The highest BCUT2D eigenvalue weighted by atomic mass is 16.1. The van der Waals surface area contributed by atoms with Gasteiger partial charge < -0.3 is 10.6 Å². The molecule has 0 radical (unpaired) electrons. The van der Waals surface area contributed by atoms with Crippen LogP contribution in [0, 0.1) is 6.92 Å². The fourth-order valence-corrected chi connectivity index (χ4v) is 2.43. The van der Waals surface area contributed by atoms with Gasteiger partial charge in [-0.1, -0.05) is 23.8 Å². The summed E-state index contributed by atoms with van der Waals surface area (Å²) in [5.41, 5.74) is 4.72. The van der Waals surface area contributed by atoms with Gasteiger partial charge >= 0.3 is 0 Å². The lowest BCUT2D eigenvalue weighted by Gasteiger charge is -2.20. The number of benzene rings is 1. The zero-order valence-corrected chi connectivity index (χ0v) is 11.0. The Balaban J connectivity index is 1.95. The molecule has 0 aliphatic carbocycles. The van der Waals surface area contributed by atoms with Crippen molar-refractivity contribution >= 4 is 5.78 Å². The van der Waals surface area contributed by atoms with Crippen molar-refractivity contribution < 1.29 is 4.79 Å². The summed E-state index contributed by atoms with van der Waals surface area (Å²) in [6.07, 6.45) is 5.84. The molecular weight excluding hydrogens is 236 g/mol. The van der Waals surface area contributed by atoms with Gasteiger partial charge in [0.25, 0.3) is 0 Å². The van der Waals surface area contributed by atoms with E-state index in [0.717, 1.165) is 27.8 Å². The van der Waals surface area contributed by atoms with Crippen molar-refractivity contribution in [2.45, 2.75) is 20.0 Å². The fraction of sp³-hybridized carbons (Fsp3) is 0.188. The Bertz CT molecular complexity index is 638. The van der Waals surface area contributed by atoms with Gasteiger partial charge in [0, 0.05) is 29.1 Å². The van der Waals surface area contributed by atoms with Crippen molar-refractivity contribution in [3.05, 3.63) is 70.6 Å². The number of hydrogen-bond acceptors (Lipinski definition) is 3. The molecule has 2 heterocycles. The molecule has 1 aromatic carbocycles. The zero-order chi connectivity index (χ0) is 13.4. The van der Waals surface area contributed by atoms with Gasteiger partial charge in [0.2, 0.25) is 0 Å². The summed E-state index contributed by atoms with van der Waals surface area (Å²) in [5.74, 6) is 0.0708. The van der Waals surface area contributed by atoms with Crippen LogP contribution in [-0.4, -0.2) is 11.9 Å². The zero-order valence-electron chi connectivity index (χ0n) is 11.0. The van der Waals surface area contributed by atoms with Gasteiger partial charge in [-0.25, -0.2) is 0 Å². The second-order valence-corrected chi connectivity index (χ2v) is 5.01. The quantitative estimate of drug-likeness (QED) is 0.794. The van der Waals surface area contributed by atoms with E-state index in [1.807, 2.05) is 44.3 Å². The highest BCUT2D eigenvalue weighted by molar-refractivity contribution is 6.12. The van der Waals surface area contributed by atoms with Crippen molar-refractivity contribution in [1.82, 2.24) is 10.6 Å². The molecule has 19 heavy (non-hydrogen) atoms. The third kappa shape index (κ3) is 2.08. The highest BCUT2D eigenvalue weighted by Gasteiger charge is 2.28. The van der Waals surface area contributed by atoms with Crippen LogP contribution in [-0.2, 0) is 0 Å². The highest BCUT2D eigenvalue weighted by Crippen LogP contribution is 2.26. The SMILES string of the molecule is CC1=CNC2NC=C(C(=O)c3cccc(C)c3)C2=C1. The number of rotatable bonds is 2. The van der Waals surface area contributed by atoms with Crippen molar-refractivity contribution in [3.63, 3.8) is 0 Å². The fourth-order valence-electron chi connectivity index (χ4n) is 2.43. The molecule has 0 spiro atoms. The van der Waals surface area contributed by atoms with Crippen LogP contribution < -0.4 is 10.6 Å². The molecular formula is C16H16N2O. The molecule has 0 aromatic heterocycles. The van der Waals surface area contributed by atoms with Crippen LogP contribution in [0.4, 0.5) is 0 Å². The summed E-state index contributed by atoms with van der Waals surface area (Å²) in [4.78, 5) is 12.6. The van der Waals surface area contributed by atoms with Crippen LogP contribution in [0.2, 0.25) is 0 Å². The molecule has 1 unspecified atom stereocenters. The second kappa shape index (κ2) is 4.43. The molecule has 2 aliphatic rings. The van der Waals surface area contributed by atoms with Crippen LogP contribution in [0.15, 0.2) is 59.5 Å². The lowest BCUT2D eigenvalue weighted by Crippen LogP contribution is -2.36. The van der Waals surface area contributed by atoms with Crippen molar-refractivity contribution in [1.29, 1.82) is 0 Å². The maximum Gasteiger partial charge on any atom is 0.194 e. The van der Waals surface area contributed by atoms with Crippen molar-refractivity contribution in [3.8, 4) is 0 Å². The first-order valence-electron chi connectivity index (χ1n) is 6.37. The standard InChI is InChI=1S/C16H16N2O/c1-10-4-3-5-12(6-10)15(19)14-9-18-16-13(14)7-11(2)8-17-16/h3-9,16-18H,1-2H3. The third-order valence-corrected chi connectivity index (χ3v) is 3.40. The average Bonchev–Trinajstić information content (AvgIpc) is 2.80. The predicted octanol–water partition coefficient (Wildman–Crippen LogP) is 2.42. The number of aryl methyl sites for hydroxylation is 1. The normalized spacial score (nSPS) is 20.5. The summed E-state index contributed by atoms with van der Waals surface area (Å²) < 4.78 is 0. The minimum absolute atomic E-state index is 0.0208. The molecule has 2 aliphatic heterocycles. The van der Waals surface area contributed by atoms with E-state index in [1.165, 1.54) is 0 Å². The Morgan fingerprint density at radius 2 is 1.95 bits per heavy atom. The largest absolute Gasteiger partial charge is 0.367 e. The molecule has 0 fully saturated rings. The van der Waals surface area contributed by atoms with E-state index in [1.54, 1.807) is 6.20 Å². The molecule has 96 valence electrons. The van der Waals surface area contributed by atoms with Gasteiger partial charge in [-0.15, -0.1) is 0 Å². The van der Waals surface area contributed by atoms with Crippen LogP contribution in [0.5, 0.6) is 0 Å². The Kier molecular flexibility index (Phi) is 2.75. The van der Waals surface area contributed by atoms with Gasteiger partial charge in [-0.2, -0.15) is 0 Å². The summed E-state index contributed by atoms with van der Waals surface area (Å²) in [5, 5.41) is 6.42. The number of carbonyl (C=O) groups is 1. The number of hydrogen-bond donors (Lipinski definition) is 2. The molecule has 0 amide bonds. The molecule has 2 N–H and O–H groups in total. The van der Waals surface area contributed by atoms with E-state index < -0.39 is 0 Å². The molecule has 3 heteroatoms. The Labute approximate surface area is 112 Å². The number of carbonyl (C=O) groups excluding carboxylic acids is 1. The minimum atomic E-state index is 0.0208. The molecule has 0 saturated heterocycles. The first-order chi connectivity index (χ1) is 9.15. The van der Waals surface area contributed by atoms with E-state index in [2.05, 4.69) is 16.7 Å². The van der Waals surface area contributed by atoms with Gasteiger partial charge in [0.05, 0.1) is 0 Å². The van der Waals surface area contributed by atoms with E-state index in [9.17, 15) is 4.79 Å². The third-order valence-electron chi connectivity index (χ3n) is 3.40. The average molecular weight is 252 g/mol. The van der Waals surface area contributed by atoms with Gasteiger partial charge in [0.15, 0.2) is 5.78 Å². The number of ketones is 1. The molecule has 0 bridgehead atoms. The summed E-state index contributed by atoms with van der Waals surface area (Å²) in [7, 11) is 0. The van der Waals surface area contributed by atoms with Gasteiger partial charge in [-0.3, -0.25) is 4.79 Å². The van der Waals surface area contributed by atoms with E-state index in [-0.39, 0.29) is 11.9 Å². The van der Waals surface area contributed by atoms with Gasteiger partial charge in [0.1, 0.15) is 6.17 Å². The predicted molar refractivity (Wildman–Crippen MR) is 75.5 cm³/mol. The molecule has 3 rings (SSSR count). The smallest absolute Gasteiger partial charge is 0.194 e. The first-order valence-corrected chi connectivity index (χ1v) is 6.37. The van der Waals surface area contributed by atoms with E-state index >= 15 is 0 Å². The number of allylic oxidation sites excluding steroid dienone is 2. The van der Waals surface area contributed by atoms with Crippen LogP contribution in [0.25, 0.3) is 0 Å². The topological polar surface area (TPSA) is 41.1 Å². The van der Waals surface area contributed by atoms with Crippen molar-refractivity contribution in [2.24, 2.45) is 0 Å². The van der Waals surface area contributed by atoms with Crippen molar-refractivity contribution in [2.75, 3.05) is 0 Å². The second-order valence-electron chi connectivity index (χ2n) is 5.01. The minimum Gasteiger partial charge on any atom is -0.367 e. The maximum atomic E-state index is 12.6.